The third-order valence-corrected chi connectivity index (χ3v) is 4.89. The van der Waals surface area contributed by atoms with Gasteiger partial charge in [0.1, 0.15) is 5.75 Å². The van der Waals surface area contributed by atoms with Gasteiger partial charge in [-0.15, -0.1) is 13.2 Å². The second kappa shape index (κ2) is 9.36. The molecule has 0 saturated carbocycles. The molecule has 10 heteroatoms. The molecule has 1 aromatic rings. The van der Waals surface area contributed by atoms with Gasteiger partial charge in [0, 0.05) is 30.7 Å². The second-order valence-electron chi connectivity index (χ2n) is 6.70. The molecule has 1 aliphatic rings. The number of likely N-dealkylation sites (tertiary alicyclic amines) is 1. The highest BCUT2D eigenvalue weighted by Crippen LogP contribution is 2.32. The van der Waals surface area contributed by atoms with Crippen LogP contribution in [-0.4, -0.2) is 42.3 Å². The third-order valence-electron chi connectivity index (χ3n) is 4.59. The maximum Gasteiger partial charge on any atom is 0.573 e. The smallest absolute Gasteiger partial charge is 0.404 e. The molecule has 0 unspecified atom stereocenters. The average molecular weight is 422 g/mol. The van der Waals surface area contributed by atoms with E-state index in [4.69, 9.17) is 11.6 Å². The summed E-state index contributed by atoms with van der Waals surface area (Å²) in [7, 11) is 0. The van der Waals surface area contributed by atoms with Crippen molar-refractivity contribution in [3.63, 3.8) is 0 Å². The fourth-order valence-corrected chi connectivity index (χ4v) is 3.09. The van der Waals surface area contributed by atoms with E-state index in [0.29, 0.717) is 25.9 Å². The molecule has 2 rings (SSSR count). The van der Waals surface area contributed by atoms with Crippen LogP contribution in [0.2, 0.25) is 5.02 Å². The van der Waals surface area contributed by atoms with E-state index in [2.05, 4.69) is 15.4 Å². The Hall–Kier alpha value is -2.16. The second-order valence-corrected chi connectivity index (χ2v) is 7.11. The summed E-state index contributed by atoms with van der Waals surface area (Å²) in [6, 6.07) is 2.89. The molecule has 0 aliphatic carbocycles. The minimum Gasteiger partial charge on any atom is -0.404 e. The van der Waals surface area contributed by atoms with Crippen molar-refractivity contribution in [2.75, 3.05) is 18.4 Å². The van der Waals surface area contributed by atoms with E-state index in [1.165, 1.54) is 12.1 Å². The molecule has 0 bridgehead atoms. The van der Waals surface area contributed by atoms with Crippen LogP contribution in [0.3, 0.4) is 0 Å². The summed E-state index contributed by atoms with van der Waals surface area (Å²) < 4.78 is 40.5. The summed E-state index contributed by atoms with van der Waals surface area (Å²) in [6.45, 7) is 5.01. The number of ether oxygens (including phenoxy) is 1. The number of alkyl halides is 3. The predicted molar refractivity (Wildman–Crippen MR) is 99.3 cm³/mol. The van der Waals surface area contributed by atoms with Gasteiger partial charge in [-0.3, -0.25) is 4.79 Å². The zero-order valence-corrected chi connectivity index (χ0v) is 16.4. The highest BCUT2D eigenvalue weighted by Gasteiger charge is 2.32. The van der Waals surface area contributed by atoms with Crippen molar-refractivity contribution in [2.24, 2.45) is 5.92 Å². The number of benzene rings is 1. The molecule has 2 N–H and O–H groups in total. The monoisotopic (exact) mass is 421 g/mol. The molecule has 1 fully saturated rings. The number of amides is 3. The van der Waals surface area contributed by atoms with Crippen LogP contribution in [0.4, 0.5) is 23.7 Å². The molecule has 6 nitrogen and oxygen atoms in total. The number of hydrogen-bond donors (Lipinski definition) is 2. The third kappa shape index (κ3) is 6.47. The van der Waals surface area contributed by atoms with Crippen LogP contribution in [0.15, 0.2) is 18.2 Å². The number of hydrogen-bond acceptors (Lipinski definition) is 3. The number of piperidine rings is 1. The molecule has 1 atom stereocenters. The van der Waals surface area contributed by atoms with E-state index < -0.39 is 18.1 Å². The van der Waals surface area contributed by atoms with Gasteiger partial charge in [0.25, 0.3) is 0 Å². The van der Waals surface area contributed by atoms with Crippen LogP contribution in [-0.2, 0) is 4.79 Å². The van der Waals surface area contributed by atoms with Gasteiger partial charge in [0.2, 0.25) is 5.91 Å². The molecule has 1 saturated heterocycles. The topological polar surface area (TPSA) is 70.7 Å². The summed E-state index contributed by atoms with van der Waals surface area (Å²) in [6.07, 6.45) is -2.79. The Kier molecular flexibility index (Phi) is 7.40. The first-order valence-electron chi connectivity index (χ1n) is 9.00. The molecule has 156 valence electrons. The lowest BCUT2D eigenvalue weighted by Gasteiger charge is -2.33. The van der Waals surface area contributed by atoms with Crippen molar-refractivity contribution < 1.29 is 27.5 Å². The van der Waals surface area contributed by atoms with Crippen LogP contribution in [0.5, 0.6) is 5.75 Å². The van der Waals surface area contributed by atoms with E-state index in [1.807, 2.05) is 18.7 Å². The summed E-state index contributed by atoms with van der Waals surface area (Å²) in [5.74, 6) is -0.429. The molecule has 1 aliphatic heterocycles. The molecule has 0 spiro atoms. The zero-order chi connectivity index (χ0) is 20.9. The lowest BCUT2D eigenvalue weighted by molar-refractivity contribution is -0.274. The fraction of sp³-hybridized carbons (Fsp3) is 0.556. The minimum atomic E-state index is -4.85. The first-order chi connectivity index (χ1) is 13.1. The summed E-state index contributed by atoms with van der Waals surface area (Å²) in [5, 5.41) is 5.06. The normalized spacial score (nSPS) is 16.4. The highest BCUT2D eigenvalue weighted by atomic mass is 35.5. The number of halogens is 4. The number of carbonyl (C=O) groups excluding carboxylic acids is 2. The van der Waals surface area contributed by atoms with Gasteiger partial charge in [-0.1, -0.05) is 25.4 Å². The number of nitrogens with one attached hydrogen (secondary N) is 2. The van der Waals surface area contributed by atoms with Crippen LogP contribution in [0.25, 0.3) is 0 Å². The van der Waals surface area contributed by atoms with Gasteiger partial charge in [0.15, 0.2) is 0 Å². The van der Waals surface area contributed by atoms with Crippen molar-refractivity contribution in [3.05, 3.63) is 23.2 Å². The summed E-state index contributed by atoms with van der Waals surface area (Å²) in [4.78, 5) is 26.1. The summed E-state index contributed by atoms with van der Waals surface area (Å²) in [5.41, 5.74) is 0.237. The van der Waals surface area contributed by atoms with Crippen LogP contribution >= 0.6 is 11.6 Å². The van der Waals surface area contributed by atoms with Crippen LogP contribution in [0, 0.1) is 5.92 Å². The highest BCUT2D eigenvalue weighted by molar-refractivity contribution is 6.32. The van der Waals surface area contributed by atoms with E-state index in [1.54, 1.807) is 0 Å². The molecule has 3 amide bonds. The number of nitrogens with zero attached hydrogens (tertiary/aromatic N) is 1. The molecule has 1 aromatic carbocycles. The predicted octanol–water partition coefficient (Wildman–Crippen LogP) is 4.40. The molecule has 0 radical (unpaired) electrons. The first-order valence-corrected chi connectivity index (χ1v) is 9.38. The van der Waals surface area contributed by atoms with Gasteiger partial charge >= 0.3 is 12.4 Å². The van der Waals surface area contributed by atoms with Crippen molar-refractivity contribution >= 4 is 29.2 Å². The van der Waals surface area contributed by atoms with Crippen molar-refractivity contribution in [1.29, 1.82) is 0 Å². The minimum absolute atomic E-state index is 0.0122. The van der Waals surface area contributed by atoms with Gasteiger partial charge in [0.05, 0.1) is 5.02 Å². The van der Waals surface area contributed by atoms with E-state index >= 15 is 0 Å². The SMILES string of the molecule is CC[C@H](C)C(=O)N1CCC(NC(=O)Nc2ccc(OC(F)(F)F)c(Cl)c2)CC1. The Morgan fingerprint density at radius 2 is 1.96 bits per heavy atom. The maximum atomic E-state index is 12.2. The van der Waals surface area contributed by atoms with E-state index in [0.717, 1.165) is 12.5 Å². The first kappa shape index (κ1) is 22.1. The lowest BCUT2D eigenvalue weighted by Crippen LogP contribution is -2.48. The van der Waals surface area contributed by atoms with Crippen molar-refractivity contribution in [2.45, 2.75) is 45.5 Å². The largest absolute Gasteiger partial charge is 0.573 e. The quantitative estimate of drug-likeness (QED) is 0.740. The molecule has 28 heavy (non-hydrogen) atoms. The van der Waals surface area contributed by atoms with Crippen LogP contribution in [0.1, 0.15) is 33.1 Å². The Morgan fingerprint density at radius 1 is 1.32 bits per heavy atom. The zero-order valence-electron chi connectivity index (χ0n) is 15.6. The average Bonchev–Trinajstić information content (AvgIpc) is 2.62. The Balaban J connectivity index is 1.83. The fourth-order valence-electron chi connectivity index (χ4n) is 2.87. The Morgan fingerprint density at radius 3 is 2.50 bits per heavy atom. The lowest BCUT2D eigenvalue weighted by atomic mass is 10.0. The number of anilines is 1. The van der Waals surface area contributed by atoms with Gasteiger partial charge in [-0.2, -0.15) is 0 Å². The Bertz CT molecular complexity index is 707. The maximum absolute atomic E-state index is 12.2. The van der Waals surface area contributed by atoms with Crippen molar-refractivity contribution in [1.82, 2.24) is 10.2 Å². The van der Waals surface area contributed by atoms with Crippen LogP contribution < -0.4 is 15.4 Å². The van der Waals surface area contributed by atoms with Gasteiger partial charge < -0.3 is 20.3 Å². The number of urea groups is 1. The van der Waals surface area contributed by atoms with Gasteiger partial charge in [-0.05, 0) is 37.5 Å². The van der Waals surface area contributed by atoms with Gasteiger partial charge in [-0.25, -0.2) is 4.79 Å². The molecule has 0 aromatic heterocycles. The number of rotatable bonds is 5. The molecule has 1 heterocycles. The Labute approximate surface area is 166 Å². The van der Waals surface area contributed by atoms with E-state index in [9.17, 15) is 22.8 Å². The molecular weight excluding hydrogens is 399 g/mol. The van der Waals surface area contributed by atoms with Crippen molar-refractivity contribution in [3.8, 4) is 5.75 Å². The molecular formula is C18H23ClF3N3O3. The summed E-state index contributed by atoms with van der Waals surface area (Å²) >= 11 is 5.76. The number of carbonyl (C=O) groups is 2. The standard InChI is InChI=1S/C18H23ClF3N3O3/c1-3-11(2)16(26)25-8-6-12(7-9-25)23-17(27)24-13-4-5-15(14(19)10-13)28-18(20,21)22/h4-5,10-12H,3,6-9H2,1-2H3,(H2,23,24,27)/t11-/m0/s1. The van der Waals surface area contributed by atoms with E-state index in [-0.39, 0.29) is 28.6 Å².